The van der Waals surface area contributed by atoms with Gasteiger partial charge in [-0.05, 0) is 62.5 Å². The zero-order valence-electron chi connectivity index (χ0n) is 18.9. The zero-order chi connectivity index (χ0) is 22.9. The van der Waals surface area contributed by atoms with E-state index in [1.165, 1.54) is 5.56 Å². The summed E-state index contributed by atoms with van der Waals surface area (Å²) >= 11 is 0. The zero-order valence-corrected chi connectivity index (χ0v) is 18.9. The van der Waals surface area contributed by atoms with Crippen LogP contribution in [0.25, 0.3) is 11.8 Å². The van der Waals surface area contributed by atoms with E-state index in [1.54, 1.807) is 18.2 Å². The monoisotopic (exact) mass is 445 g/mol. The number of anilines is 2. The first-order chi connectivity index (χ1) is 16.0. The lowest BCUT2D eigenvalue weighted by atomic mass is 9.92. The molecule has 1 atom stereocenters. The van der Waals surface area contributed by atoms with E-state index in [0.29, 0.717) is 23.0 Å². The van der Waals surface area contributed by atoms with E-state index in [9.17, 15) is 5.11 Å². The fourth-order valence-corrected chi connectivity index (χ4v) is 5.09. The van der Waals surface area contributed by atoms with Crippen molar-refractivity contribution < 1.29 is 5.11 Å². The number of aromatic hydroxyl groups is 1. The first kappa shape index (κ1) is 21.3. The molecule has 1 fully saturated rings. The first-order valence-electron chi connectivity index (χ1n) is 11.6. The Morgan fingerprint density at radius 2 is 1.91 bits per heavy atom. The van der Waals surface area contributed by atoms with Crippen LogP contribution < -0.4 is 21.7 Å². The molecular formula is C25H31N7O. The number of nitrogens with zero attached hydrogens (tertiary/aromatic N) is 3. The quantitative estimate of drug-likeness (QED) is 0.417. The van der Waals surface area contributed by atoms with Crippen LogP contribution in [0.1, 0.15) is 59.7 Å². The van der Waals surface area contributed by atoms with E-state index >= 15 is 0 Å². The van der Waals surface area contributed by atoms with Crippen molar-refractivity contribution in [2.24, 2.45) is 5.73 Å². The number of hydrogen-bond acceptors (Lipinski definition) is 7. The number of phenolic OH excluding ortho intramolecular Hbond substituents is 1. The second kappa shape index (κ2) is 8.78. The maximum atomic E-state index is 10.2. The van der Waals surface area contributed by atoms with E-state index in [-0.39, 0.29) is 11.8 Å². The topological polar surface area (TPSA) is 129 Å². The van der Waals surface area contributed by atoms with Crippen LogP contribution in [0.15, 0.2) is 36.7 Å². The van der Waals surface area contributed by atoms with Crippen LogP contribution in [0.2, 0.25) is 0 Å². The molecule has 0 aliphatic carbocycles. The van der Waals surface area contributed by atoms with Crippen LogP contribution >= 0.6 is 0 Å². The number of rotatable bonds is 4. The average molecular weight is 446 g/mol. The number of aromatic nitrogens is 3. The first-order valence-corrected chi connectivity index (χ1v) is 11.6. The molecule has 0 radical (unpaired) electrons. The van der Waals surface area contributed by atoms with E-state index in [2.05, 4.69) is 22.1 Å². The number of para-hydroxylation sites is 1. The average Bonchev–Trinajstić information content (AvgIpc) is 3.16. The molecule has 8 heteroatoms. The second-order valence-electron chi connectivity index (χ2n) is 8.92. The molecule has 0 bridgehead atoms. The van der Waals surface area contributed by atoms with Crippen molar-refractivity contribution in [3.63, 3.8) is 0 Å². The molecule has 172 valence electrons. The number of aromatic amines is 1. The lowest BCUT2D eigenvalue weighted by molar-refractivity contribution is 0.458. The van der Waals surface area contributed by atoms with Crippen LogP contribution in [-0.2, 0) is 6.42 Å². The number of nitrogens with one attached hydrogen (secondary N) is 2. The molecule has 0 saturated carbocycles. The molecule has 5 rings (SSSR count). The number of phenols is 1. The Bertz CT molecular complexity index is 1160. The van der Waals surface area contributed by atoms with Crippen molar-refractivity contribution in [3.8, 4) is 5.75 Å². The van der Waals surface area contributed by atoms with E-state index in [4.69, 9.17) is 21.4 Å². The van der Waals surface area contributed by atoms with Crippen LogP contribution in [0, 0.1) is 0 Å². The van der Waals surface area contributed by atoms with Crippen molar-refractivity contribution in [1.29, 1.82) is 0 Å². The number of nitrogens with two attached hydrogens (primary N) is 2. The van der Waals surface area contributed by atoms with Crippen molar-refractivity contribution in [2.75, 3.05) is 30.3 Å². The normalized spacial score (nSPS) is 19.5. The van der Waals surface area contributed by atoms with Gasteiger partial charge in [-0.2, -0.15) is 0 Å². The summed E-state index contributed by atoms with van der Waals surface area (Å²) in [7, 11) is 0. The summed E-state index contributed by atoms with van der Waals surface area (Å²) < 4.78 is 0. The van der Waals surface area contributed by atoms with Crippen molar-refractivity contribution in [3.05, 3.63) is 64.6 Å². The van der Waals surface area contributed by atoms with Gasteiger partial charge in [0, 0.05) is 53.4 Å². The summed E-state index contributed by atoms with van der Waals surface area (Å²) in [6.45, 7) is 5.04. The van der Waals surface area contributed by atoms with E-state index in [1.807, 2.05) is 24.5 Å². The highest BCUT2D eigenvalue weighted by Crippen LogP contribution is 2.38. The SMILES string of the molecule is C[C@@H]1c2c([nH]c(N)c2/C=C(\N)c2ccccc2O)CCN1c1ncc(C2CCNCC2)cn1. The number of hydrogen-bond donors (Lipinski definition) is 5. The Morgan fingerprint density at radius 1 is 1.18 bits per heavy atom. The predicted octanol–water partition coefficient (Wildman–Crippen LogP) is 3.14. The third kappa shape index (κ3) is 4.02. The van der Waals surface area contributed by atoms with Crippen molar-refractivity contribution >= 4 is 23.5 Å². The van der Waals surface area contributed by atoms with Crippen LogP contribution in [0.5, 0.6) is 5.75 Å². The predicted molar refractivity (Wildman–Crippen MR) is 132 cm³/mol. The Labute approximate surface area is 193 Å². The number of benzene rings is 1. The largest absolute Gasteiger partial charge is 0.507 e. The summed E-state index contributed by atoms with van der Waals surface area (Å²) in [6, 6.07) is 7.07. The molecule has 2 aromatic heterocycles. The van der Waals surface area contributed by atoms with Gasteiger partial charge in [0.15, 0.2) is 0 Å². The molecule has 2 aliphatic heterocycles. The fourth-order valence-electron chi connectivity index (χ4n) is 5.09. The minimum absolute atomic E-state index is 0.0236. The Morgan fingerprint density at radius 3 is 2.64 bits per heavy atom. The van der Waals surface area contributed by atoms with Gasteiger partial charge in [0.1, 0.15) is 11.6 Å². The van der Waals surface area contributed by atoms with Gasteiger partial charge in [-0.15, -0.1) is 0 Å². The Kier molecular flexibility index (Phi) is 5.68. The van der Waals surface area contributed by atoms with Gasteiger partial charge in [0.05, 0.1) is 6.04 Å². The van der Waals surface area contributed by atoms with E-state index in [0.717, 1.165) is 61.7 Å². The highest BCUT2D eigenvalue weighted by molar-refractivity contribution is 5.86. The molecule has 3 aromatic rings. The molecule has 33 heavy (non-hydrogen) atoms. The van der Waals surface area contributed by atoms with Gasteiger partial charge in [-0.3, -0.25) is 0 Å². The highest BCUT2D eigenvalue weighted by Gasteiger charge is 2.31. The molecule has 1 saturated heterocycles. The molecule has 1 aromatic carbocycles. The maximum absolute atomic E-state index is 10.2. The van der Waals surface area contributed by atoms with Gasteiger partial charge in [-0.25, -0.2) is 9.97 Å². The molecule has 0 unspecified atom stereocenters. The third-order valence-corrected chi connectivity index (χ3v) is 6.92. The standard InChI is InChI=1S/C25H31N7O/c1-15-23-19(12-20(26)18-4-2-3-5-22(18)33)24(27)31-21(23)8-11-32(15)25-29-13-17(14-30-25)16-6-9-28-10-7-16/h2-5,12-16,28,31,33H,6-11,26-27H2,1H3/b20-12-/t15-/m1/s1. The van der Waals surface area contributed by atoms with Gasteiger partial charge < -0.3 is 31.8 Å². The molecule has 0 spiro atoms. The number of fused-ring (bicyclic) bond motifs is 1. The summed E-state index contributed by atoms with van der Waals surface area (Å²) in [5, 5.41) is 13.6. The van der Waals surface area contributed by atoms with Crippen molar-refractivity contribution in [2.45, 2.75) is 38.1 Å². The maximum Gasteiger partial charge on any atom is 0.225 e. The molecule has 4 heterocycles. The van der Waals surface area contributed by atoms with Gasteiger partial charge in [-0.1, -0.05) is 12.1 Å². The third-order valence-electron chi connectivity index (χ3n) is 6.92. The molecule has 2 aliphatic rings. The molecular weight excluding hydrogens is 414 g/mol. The van der Waals surface area contributed by atoms with Crippen LogP contribution in [0.4, 0.5) is 11.8 Å². The van der Waals surface area contributed by atoms with Crippen LogP contribution in [-0.4, -0.2) is 39.7 Å². The number of H-pyrrole nitrogens is 1. The summed E-state index contributed by atoms with van der Waals surface area (Å²) in [5.74, 6) is 1.99. The summed E-state index contributed by atoms with van der Waals surface area (Å²) in [6.07, 6.45) is 8.90. The Balaban J connectivity index is 1.44. The lowest BCUT2D eigenvalue weighted by Gasteiger charge is -2.34. The van der Waals surface area contributed by atoms with E-state index < -0.39 is 0 Å². The molecule has 7 N–H and O–H groups in total. The smallest absolute Gasteiger partial charge is 0.225 e. The number of nitrogen functional groups attached to an aromatic ring is 1. The van der Waals surface area contributed by atoms with Gasteiger partial charge in [0.2, 0.25) is 5.95 Å². The minimum atomic E-state index is 0.0236. The van der Waals surface area contributed by atoms with Crippen LogP contribution in [0.3, 0.4) is 0 Å². The number of piperidine rings is 1. The minimum Gasteiger partial charge on any atom is -0.507 e. The highest BCUT2D eigenvalue weighted by atomic mass is 16.3. The van der Waals surface area contributed by atoms with Gasteiger partial charge in [0.25, 0.3) is 0 Å². The lowest BCUT2D eigenvalue weighted by Crippen LogP contribution is -2.35. The van der Waals surface area contributed by atoms with Gasteiger partial charge >= 0.3 is 0 Å². The van der Waals surface area contributed by atoms with Crippen molar-refractivity contribution in [1.82, 2.24) is 20.3 Å². The summed E-state index contributed by atoms with van der Waals surface area (Å²) in [4.78, 5) is 15.0. The second-order valence-corrected chi connectivity index (χ2v) is 8.92. The Hall–Kier alpha value is -3.52. The fraction of sp³-hybridized carbons (Fsp3) is 0.360. The molecule has 8 nitrogen and oxygen atoms in total. The molecule has 0 amide bonds. The summed E-state index contributed by atoms with van der Waals surface area (Å²) in [5.41, 5.74) is 18.1.